The normalized spacial score (nSPS) is 11.5. The van der Waals surface area contributed by atoms with Gasteiger partial charge in [0, 0.05) is 7.05 Å². The molecule has 72 valence electrons. The van der Waals surface area contributed by atoms with E-state index in [2.05, 4.69) is 5.10 Å². The van der Waals surface area contributed by atoms with E-state index in [1.165, 1.54) is 11.3 Å². The number of aryl methyl sites for hydroxylation is 1. The summed E-state index contributed by atoms with van der Waals surface area (Å²) < 4.78 is 2.58. The Morgan fingerprint density at radius 3 is 3.07 bits per heavy atom. The average Bonchev–Trinajstić information content (AvgIpc) is 2.43. The molecule has 0 unspecified atom stereocenters. The Morgan fingerprint density at radius 1 is 1.57 bits per heavy atom. The molecule has 1 aromatic carbocycles. The molecule has 0 aliphatic carbocycles. The largest absolute Gasteiger partial charge is 0.323 e. The van der Waals surface area contributed by atoms with E-state index in [-0.39, 0.29) is 4.87 Å². The van der Waals surface area contributed by atoms with E-state index in [4.69, 9.17) is 5.84 Å². The fourth-order valence-corrected chi connectivity index (χ4v) is 2.24. The Bertz CT molecular complexity index is 553. The first-order valence-electron chi connectivity index (χ1n) is 4.05. The Labute approximate surface area is 84.3 Å². The summed E-state index contributed by atoms with van der Waals surface area (Å²) in [6, 6.07) is 5.67. The van der Waals surface area contributed by atoms with Crippen molar-refractivity contribution >= 4 is 27.8 Å². The zero-order valence-electron chi connectivity index (χ0n) is 7.60. The molecule has 1 heterocycles. The van der Waals surface area contributed by atoms with Gasteiger partial charge in [0.15, 0.2) is 0 Å². The fourth-order valence-electron chi connectivity index (χ4n) is 1.32. The van der Waals surface area contributed by atoms with Gasteiger partial charge in [-0.3, -0.25) is 4.79 Å². The lowest BCUT2D eigenvalue weighted by Crippen LogP contribution is -2.06. The minimum atomic E-state index is 0.0434. The molecule has 0 aliphatic rings. The highest BCUT2D eigenvalue weighted by molar-refractivity contribution is 7.16. The number of nitrogens with zero attached hydrogens (tertiary/aromatic N) is 2. The van der Waals surface area contributed by atoms with Crippen LogP contribution in [0.1, 0.15) is 5.56 Å². The summed E-state index contributed by atoms with van der Waals surface area (Å²) in [4.78, 5) is 11.4. The number of thiazole rings is 1. The molecule has 2 rings (SSSR count). The van der Waals surface area contributed by atoms with Crippen molar-refractivity contribution in [1.29, 1.82) is 0 Å². The van der Waals surface area contributed by atoms with Gasteiger partial charge >= 0.3 is 4.87 Å². The first kappa shape index (κ1) is 8.96. The molecule has 2 N–H and O–H groups in total. The minimum absolute atomic E-state index is 0.0434. The van der Waals surface area contributed by atoms with Gasteiger partial charge in [-0.15, -0.1) is 0 Å². The summed E-state index contributed by atoms with van der Waals surface area (Å²) in [6.07, 6.45) is 1.56. The minimum Gasteiger partial charge on any atom is -0.323 e. The summed E-state index contributed by atoms with van der Waals surface area (Å²) in [5.41, 5.74) is 1.84. The number of rotatable bonds is 1. The molecule has 14 heavy (non-hydrogen) atoms. The van der Waals surface area contributed by atoms with E-state index in [0.717, 1.165) is 15.8 Å². The standard InChI is InChI=1S/C9H9N3OS/c1-12-7-3-2-6(5-11-10)4-8(7)14-9(12)13/h2-5H,10H2,1H3. The molecule has 0 atom stereocenters. The summed E-state index contributed by atoms with van der Waals surface area (Å²) in [5, 5.41) is 3.44. The second kappa shape index (κ2) is 3.26. The summed E-state index contributed by atoms with van der Waals surface area (Å²) in [5.74, 6) is 5.05. The van der Waals surface area contributed by atoms with Crippen molar-refractivity contribution in [3.8, 4) is 0 Å². The molecular formula is C9H9N3OS. The quantitative estimate of drug-likeness (QED) is 0.429. The van der Waals surface area contributed by atoms with Crippen LogP contribution in [0.25, 0.3) is 10.2 Å². The molecule has 0 fully saturated rings. The van der Waals surface area contributed by atoms with E-state index in [1.54, 1.807) is 17.8 Å². The Hall–Kier alpha value is -1.62. The van der Waals surface area contributed by atoms with Crippen molar-refractivity contribution in [3.63, 3.8) is 0 Å². The first-order valence-corrected chi connectivity index (χ1v) is 4.87. The number of nitrogens with two attached hydrogens (primary N) is 1. The number of fused-ring (bicyclic) bond motifs is 1. The van der Waals surface area contributed by atoms with Crippen molar-refractivity contribution in [2.45, 2.75) is 0 Å². The van der Waals surface area contributed by atoms with Crippen molar-refractivity contribution < 1.29 is 0 Å². The van der Waals surface area contributed by atoms with Crippen LogP contribution in [0.4, 0.5) is 0 Å². The Balaban J connectivity index is 2.73. The van der Waals surface area contributed by atoms with Crippen LogP contribution in [0.5, 0.6) is 0 Å². The van der Waals surface area contributed by atoms with E-state index < -0.39 is 0 Å². The molecule has 2 aromatic rings. The predicted octanol–water partition coefficient (Wildman–Crippen LogP) is 0.893. The number of benzene rings is 1. The molecule has 1 aromatic heterocycles. The van der Waals surface area contributed by atoms with Crippen LogP contribution in [0, 0.1) is 0 Å². The van der Waals surface area contributed by atoms with Crippen LogP contribution in [0.15, 0.2) is 28.1 Å². The average molecular weight is 207 g/mol. The maximum atomic E-state index is 11.3. The number of hydrazone groups is 1. The number of hydrogen-bond acceptors (Lipinski definition) is 4. The second-order valence-corrected chi connectivity index (χ2v) is 3.93. The first-order chi connectivity index (χ1) is 6.72. The van der Waals surface area contributed by atoms with Crippen molar-refractivity contribution in [2.75, 3.05) is 0 Å². The molecule has 0 saturated heterocycles. The lowest BCUT2D eigenvalue weighted by Gasteiger charge is -1.94. The molecule has 0 spiro atoms. The van der Waals surface area contributed by atoms with E-state index >= 15 is 0 Å². The fraction of sp³-hybridized carbons (Fsp3) is 0.111. The molecule has 4 nitrogen and oxygen atoms in total. The van der Waals surface area contributed by atoms with Gasteiger partial charge in [-0.1, -0.05) is 17.4 Å². The van der Waals surface area contributed by atoms with Crippen LogP contribution >= 0.6 is 11.3 Å². The maximum Gasteiger partial charge on any atom is 0.307 e. The van der Waals surface area contributed by atoms with Gasteiger partial charge < -0.3 is 10.4 Å². The van der Waals surface area contributed by atoms with Gasteiger partial charge in [0.05, 0.1) is 16.4 Å². The highest BCUT2D eigenvalue weighted by atomic mass is 32.1. The molecular weight excluding hydrogens is 198 g/mol. The van der Waals surface area contributed by atoms with Gasteiger partial charge in [-0.25, -0.2) is 0 Å². The van der Waals surface area contributed by atoms with Crippen LogP contribution in [0.3, 0.4) is 0 Å². The van der Waals surface area contributed by atoms with Crippen LogP contribution in [0.2, 0.25) is 0 Å². The van der Waals surface area contributed by atoms with Crippen LogP contribution in [-0.4, -0.2) is 10.8 Å². The smallest absolute Gasteiger partial charge is 0.307 e. The van der Waals surface area contributed by atoms with Crippen molar-refractivity contribution in [2.24, 2.45) is 18.0 Å². The Kier molecular flexibility index (Phi) is 2.09. The lowest BCUT2D eigenvalue weighted by molar-refractivity contribution is 0.939. The van der Waals surface area contributed by atoms with Gasteiger partial charge in [0.1, 0.15) is 0 Å². The predicted molar refractivity (Wildman–Crippen MR) is 58.8 cm³/mol. The molecule has 5 heteroatoms. The molecule has 0 amide bonds. The third-order valence-electron chi connectivity index (χ3n) is 2.04. The summed E-state index contributed by atoms with van der Waals surface area (Å²) >= 11 is 1.22. The van der Waals surface area contributed by atoms with Crippen LogP contribution < -0.4 is 10.7 Å². The zero-order valence-corrected chi connectivity index (χ0v) is 8.41. The van der Waals surface area contributed by atoms with E-state index in [9.17, 15) is 4.79 Å². The third kappa shape index (κ3) is 1.31. The molecule has 0 radical (unpaired) electrons. The zero-order chi connectivity index (χ0) is 10.1. The SMILES string of the molecule is Cn1c(=O)sc2cc(C=NN)ccc21. The van der Waals surface area contributed by atoms with Crippen molar-refractivity contribution in [1.82, 2.24) is 4.57 Å². The monoisotopic (exact) mass is 207 g/mol. The lowest BCUT2D eigenvalue weighted by atomic mass is 10.2. The maximum absolute atomic E-state index is 11.3. The van der Waals surface area contributed by atoms with Gasteiger partial charge in [-0.05, 0) is 17.7 Å². The van der Waals surface area contributed by atoms with Gasteiger partial charge in [0.25, 0.3) is 0 Å². The molecule has 0 aliphatic heterocycles. The van der Waals surface area contributed by atoms with E-state index in [0.29, 0.717) is 0 Å². The number of aromatic nitrogens is 1. The van der Waals surface area contributed by atoms with E-state index in [1.807, 2.05) is 18.2 Å². The topological polar surface area (TPSA) is 60.4 Å². The highest BCUT2D eigenvalue weighted by Crippen LogP contribution is 2.17. The van der Waals surface area contributed by atoms with Gasteiger partial charge in [-0.2, -0.15) is 5.10 Å². The highest BCUT2D eigenvalue weighted by Gasteiger charge is 2.03. The third-order valence-corrected chi connectivity index (χ3v) is 3.04. The Morgan fingerprint density at radius 2 is 2.36 bits per heavy atom. The summed E-state index contributed by atoms with van der Waals surface area (Å²) in [6.45, 7) is 0. The van der Waals surface area contributed by atoms with Gasteiger partial charge in [0.2, 0.25) is 0 Å². The van der Waals surface area contributed by atoms with Crippen LogP contribution in [-0.2, 0) is 7.05 Å². The van der Waals surface area contributed by atoms with Crippen molar-refractivity contribution in [3.05, 3.63) is 33.4 Å². The number of hydrogen-bond donors (Lipinski definition) is 1. The summed E-state index contributed by atoms with van der Waals surface area (Å²) in [7, 11) is 1.76. The molecule has 0 saturated carbocycles. The second-order valence-electron chi connectivity index (χ2n) is 2.93. The molecule has 0 bridgehead atoms.